The van der Waals surface area contributed by atoms with Gasteiger partial charge >= 0.3 is 10.4 Å². The van der Waals surface area contributed by atoms with Crippen LogP contribution in [0, 0.1) is 0 Å². The molecule has 13 heavy (non-hydrogen) atoms. The highest BCUT2D eigenvalue weighted by atomic mass is 32.3. The van der Waals surface area contributed by atoms with E-state index in [-0.39, 0.29) is 26.4 Å². The molecule has 0 aromatic rings. The second kappa shape index (κ2) is 7.22. The molecule has 0 saturated heterocycles. The van der Waals surface area contributed by atoms with Gasteiger partial charge in [-0.05, 0) is 12.8 Å². The Morgan fingerprint density at radius 1 is 1.15 bits per heavy atom. The number of aliphatic hydroxyl groups is 1. The van der Waals surface area contributed by atoms with Gasteiger partial charge in [0.15, 0.2) is 0 Å². The van der Waals surface area contributed by atoms with Crippen LogP contribution >= 0.6 is 0 Å². The topological polar surface area (TPSA) is 98.9 Å². The van der Waals surface area contributed by atoms with Crippen LogP contribution in [0.25, 0.3) is 0 Å². The molecular weight excluding hydrogens is 198 g/mol. The van der Waals surface area contributed by atoms with E-state index in [0.717, 1.165) is 0 Å². The maximum absolute atomic E-state index is 10.8. The first-order valence-electron chi connectivity index (χ1n) is 3.97. The van der Waals surface area contributed by atoms with E-state index >= 15 is 0 Å². The van der Waals surface area contributed by atoms with E-state index in [1.165, 1.54) is 0 Å². The average Bonchev–Trinajstić information content (AvgIpc) is 2.09. The van der Waals surface area contributed by atoms with Crippen molar-refractivity contribution >= 4 is 10.4 Å². The second-order valence-electron chi connectivity index (χ2n) is 2.27. The van der Waals surface area contributed by atoms with Gasteiger partial charge in [-0.1, -0.05) is 0 Å². The van der Waals surface area contributed by atoms with Crippen LogP contribution in [0.4, 0.5) is 0 Å². The van der Waals surface area contributed by atoms with Gasteiger partial charge in [0, 0.05) is 13.2 Å². The molecule has 0 fully saturated rings. The molecule has 0 aromatic heterocycles. The SMILES string of the molecule is NCCOS(=O)(=O)OCCCCO. The molecule has 0 aliphatic rings. The minimum absolute atomic E-state index is 0.0209. The molecule has 0 aliphatic carbocycles. The lowest BCUT2D eigenvalue weighted by Crippen LogP contribution is -2.16. The third kappa shape index (κ3) is 8.13. The van der Waals surface area contributed by atoms with Crippen LogP contribution in [0.15, 0.2) is 0 Å². The summed E-state index contributed by atoms with van der Waals surface area (Å²) in [6, 6.07) is 0. The first-order valence-corrected chi connectivity index (χ1v) is 5.30. The molecule has 7 heteroatoms. The molecule has 0 unspecified atom stereocenters. The Morgan fingerprint density at radius 3 is 2.31 bits per heavy atom. The Hall–Kier alpha value is -0.210. The minimum atomic E-state index is -3.89. The Morgan fingerprint density at radius 2 is 1.77 bits per heavy atom. The van der Waals surface area contributed by atoms with Crippen molar-refractivity contribution in [1.29, 1.82) is 0 Å². The molecule has 0 amide bonds. The highest BCUT2D eigenvalue weighted by molar-refractivity contribution is 7.81. The lowest BCUT2D eigenvalue weighted by Gasteiger charge is -2.03. The van der Waals surface area contributed by atoms with Crippen LogP contribution in [0.1, 0.15) is 12.8 Å². The zero-order chi connectivity index (χ0) is 10.2. The predicted octanol–water partition coefficient (Wildman–Crippen LogP) is -1.00. The van der Waals surface area contributed by atoms with E-state index in [4.69, 9.17) is 10.8 Å². The van der Waals surface area contributed by atoms with Crippen molar-refractivity contribution in [1.82, 2.24) is 0 Å². The summed E-state index contributed by atoms with van der Waals surface area (Å²) in [4.78, 5) is 0. The fraction of sp³-hybridized carbons (Fsp3) is 1.00. The first-order chi connectivity index (χ1) is 6.12. The van der Waals surface area contributed by atoms with Crippen LogP contribution in [0.5, 0.6) is 0 Å². The Labute approximate surface area is 78.0 Å². The summed E-state index contributed by atoms with van der Waals surface area (Å²) in [5.74, 6) is 0. The van der Waals surface area contributed by atoms with Crippen LogP contribution in [0.3, 0.4) is 0 Å². The second-order valence-corrected chi connectivity index (χ2v) is 3.56. The summed E-state index contributed by atoms with van der Waals surface area (Å²) in [5.41, 5.74) is 5.03. The molecule has 0 atom stereocenters. The quantitative estimate of drug-likeness (QED) is 0.501. The highest BCUT2D eigenvalue weighted by Gasteiger charge is 2.09. The van der Waals surface area contributed by atoms with Crippen molar-refractivity contribution in [2.75, 3.05) is 26.4 Å². The standard InChI is InChI=1S/C6H15NO5S/c7-3-6-12-13(9,10)11-5-2-1-4-8/h8H,1-7H2. The largest absolute Gasteiger partial charge is 0.399 e. The van der Waals surface area contributed by atoms with E-state index in [9.17, 15) is 8.42 Å². The fourth-order valence-corrected chi connectivity index (χ4v) is 1.25. The van der Waals surface area contributed by atoms with Crippen molar-refractivity contribution in [3.63, 3.8) is 0 Å². The van der Waals surface area contributed by atoms with Crippen molar-refractivity contribution in [2.24, 2.45) is 5.73 Å². The third-order valence-corrected chi connectivity index (χ3v) is 2.04. The molecule has 0 heterocycles. The summed E-state index contributed by atoms with van der Waals surface area (Å²) in [5, 5.41) is 8.38. The summed E-state index contributed by atoms with van der Waals surface area (Å²) >= 11 is 0. The summed E-state index contributed by atoms with van der Waals surface area (Å²) in [7, 11) is -3.89. The maximum atomic E-state index is 10.8. The normalized spacial score (nSPS) is 11.8. The van der Waals surface area contributed by atoms with Crippen LogP contribution in [0.2, 0.25) is 0 Å². The molecule has 6 nitrogen and oxygen atoms in total. The van der Waals surface area contributed by atoms with Gasteiger partial charge in [0.25, 0.3) is 0 Å². The van der Waals surface area contributed by atoms with Crippen LogP contribution < -0.4 is 5.73 Å². The molecule has 0 bridgehead atoms. The Balaban J connectivity index is 3.52. The number of hydrogen-bond acceptors (Lipinski definition) is 6. The van der Waals surface area contributed by atoms with Gasteiger partial charge in [-0.15, -0.1) is 0 Å². The molecule has 80 valence electrons. The van der Waals surface area contributed by atoms with Crippen molar-refractivity contribution < 1.29 is 21.9 Å². The summed E-state index contributed by atoms with van der Waals surface area (Å²) in [6.07, 6.45) is 0.980. The van der Waals surface area contributed by atoms with Gasteiger partial charge in [0.2, 0.25) is 0 Å². The number of rotatable bonds is 8. The zero-order valence-electron chi connectivity index (χ0n) is 7.31. The zero-order valence-corrected chi connectivity index (χ0v) is 8.12. The van der Waals surface area contributed by atoms with E-state index in [1.54, 1.807) is 0 Å². The van der Waals surface area contributed by atoms with Gasteiger partial charge in [-0.3, -0.25) is 0 Å². The smallest absolute Gasteiger partial charge is 0.396 e. The fourth-order valence-electron chi connectivity index (χ4n) is 0.559. The molecule has 0 spiro atoms. The summed E-state index contributed by atoms with van der Waals surface area (Å²) in [6.45, 7) is 0.0854. The summed E-state index contributed by atoms with van der Waals surface area (Å²) < 4.78 is 30.3. The lowest BCUT2D eigenvalue weighted by molar-refractivity contribution is 0.206. The van der Waals surface area contributed by atoms with Crippen molar-refractivity contribution in [3.05, 3.63) is 0 Å². The van der Waals surface area contributed by atoms with E-state index in [1.807, 2.05) is 0 Å². The van der Waals surface area contributed by atoms with Crippen LogP contribution in [-0.4, -0.2) is 39.9 Å². The number of hydrogen-bond donors (Lipinski definition) is 2. The molecule has 0 rings (SSSR count). The van der Waals surface area contributed by atoms with Gasteiger partial charge in [0.05, 0.1) is 13.2 Å². The van der Waals surface area contributed by atoms with Crippen molar-refractivity contribution in [3.8, 4) is 0 Å². The number of nitrogens with two attached hydrogens (primary N) is 1. The van der Waals surface area contributed by atoms with Crippen LogP contribution in [-0.2, 0) is 18.8 Å². The van der Waals surface area contributed by atoms with Gasteiger partial charge < -0.3 is 10.8 Å². The molecular formula is C6H15NO5S. The lowest BCUT2D eigenvalue weighted by atomic mass is 10.3. The van der Waals surface area contributed by atoms with Gasteiger partial charge in [-0.25, -0.2) is 8.37 Å². The minimum Gasteiger partial charge on any atom is -0.396 e. The highest BCUT2D eigenvalue weighted by Crippen LogP contribution is 1.98. The number of unbranched alkanes of at least 4 members (excludes halogenated alkanes) is 1. The Kier molecular flexibility index (Phi) is 7.10. The van der Waals surface area contributed by atoms with E-state index in [2.05, 4.69) is 8.37 Å². The van der Waals surface area contributed by atoms with E-state index < -0.39 is 10.4 Å². The third-order valence-electron chi connectivity index (χ3n) is 1.13. The predicted molar refractivity (Wildman–Crippen MR) is 46.2 cm³/mol. The molecule has 0 aromatic carbocycles. The van der Waals surface area contributed by atoms with Crippen molar-refractivity contribution in [2.45, 2.75) is 12.8 Å². The maximum Gasteiger partial charge on any atom is 0.399 e. The Bertz CT molecular complexity index is 203. The number of aliphatic hydroxyl groups excluding tert-OH is 1. The average molecular weight is 213 g/mol. The molecule has 3 N–H and O–H groups in total. The molecule has 0 saturated carbocycles. The molecule has 0 aliphatic heterocycles. The monoisotopic (exact) mass is 213 g/mol. The van der Waals surface area contributed by atoms with E-state index in [0.29, 0.717) is 12.8 Å². The van der Waals surface area contributed by atoms with Gasteiger partial charge in [-0.2, -0.15) is 8.42 Å². The van der Waals surface area contributed by atoms with Gasteiger partial charge in [0.1, 0.15) is 0 Å². The first kappa shape index (κ1) is 12.8. The molecule has 0 radical (unpaired) electrons.